The average Bonchev–Trinajstić information content (AvgIpc) is 2.47. The highest BCUT2D eigenvalue weighted by Crippen LogP contribution is 2.15. The van der Waals surface area contributed by atoms with Crippen molar-refractivity contribution in [2.45, 2.75) is 0 Å². The number of para-hydroxylation sites is 1. The van der Waals surface area contributed by atoms with E-state index in [9.17, 15) is 4.79 Å². The van der Waals surface area contributed by atoms with Gasteiger partial charge in [-0.25, -0.2) is 0 Å². The van der Waals surface area contributed by atoms with Gasteiger partial charge in [0.05, 0.1) is 16.9 Å². The van der Waals surface area contributed by atoms with Crippen LogP contribution in [0, 0.1) is 11.3 Å². The highest BCUT2D eigenvalue weighted by atomic mass is 16.1. The van der Waals surface area contributed by atoms with Gasteiger partial charge in [-0.2, -0.15) is 5.26 Å². The molecule has 0 atom stereocenters. The fourth-order valence-corrected chi connectivity index (χ4v) is 1.52. The normalized spacial score (nSPS) is 9.47. The molecule has 0 aliphatic carbocycles. The Labute approximate surface area is 109 Å². The minimum atomic E-state index is -0.403. The van der Waals surface area contributed by atoms with Crippen LogP contribution in [0.3, 0.4) is 0 Å². The summed E-state index contributed by atoms with van der Waals surface area (Å²) in [5, 5.41) is 11.6. The number of benzene rings is 1. The maximum absolute atomic E-state index is 12.0. The molecule has 0 unspecified atom stereocenters. The molecule has 0 saturated carbocycles. The van der Waals surface area contributed by atoms with Gasteiger partial charge in [0.1, 0.15) is 11.8 Å². The van der Waals surface area contributed by atoms with Gasteiger partial charge in [-0.05, 0) is 24.3 Å². The third-order valence-corrected chi connectivity index (χ3v) is 2.45. The van der Waals surface area contributed by atoms with Gasteiger partial charge in [0.2, 0.25) is 0 Å². The van der Waals surface area contributed by atoms with Gasteiger partial charge in [-0.1, -0.05) is 12.1 Å². The van der Waals surface area contributed by atoms with Crippen LogP contribution in [-0.4, -0.2) is 10.9 Å². The molecule has 1 heterocycles. The van der Waals surface area contributed by atoms with Gasteiger partial charge in [-0.3, -0.25) is 15.6 Å². The molecule has 0 spiro atoms. The number of hydrazine groups is 1. The third kappa shape index (κ3) is 2.86. The lowest BCUT2D eigenvalue weighted by molar-refractivity contribution is 0.102. The standard InChI is InChI=1S/C13H11N5O/c14-8-9-3-1-2-4-11(9)17-13(19)12-7-10(18-15)5-6-16-12/h1-7H,15H2,(H,16,18)(H,17,19). The fourth-order valence-electron chi connectivity index (χ4n) is 1.52. The highest BCUT2D eigenvalue weighted by molar-refractivity contribution is 6.04. The first-order valence-electron chi connectivity index (χ1n) is 5.47. The van der Waals surface area contributed by atoms with E-state index in [0.717, 1.165) is 0 Å². The van der Waals surface area contributed by atoms with E-state index >= 15 is 0 Å². The van der Waals surface area contributed by atoms with Gasteiger partial charge in [0.25, 0.3) is 5.91 Å². The van der Waals surface area contributed by atoms with E-state index in [1.807, 2.05) is 6.07 Å². The third-order valence-electron chi connectivity index (χ3n) is 2.45. The predicted molar refractivity (Wildman–Crippen MR) is 71.2 cm³/mol. The largest absolute Gasteiger partial charge is 0.324 e. The molecule has 0 radical (unpaired) electrons. The van der Waals surface area contributed by atoms with Crippen LogP contribution in [-0.2, 0) is 0 Å². The molecule has 1 amide bonds. The number of anilines is 2. The summed E-state index contributed by atoms with van der Waals surface area (Å²) in [6.45, 7) is 0. The zero-order valence-corrected chi connectivity index (χ0v) is 9.92. The Morgan fingerprint density at radius 1 is 1.32 bits per heavy atom. The molecule has 1 aromatic heterocycles. The Morgan fingerprint density at radius 2 is 2.11 bits per heavy atom. The van der Waals surface area contributed by atoms with Crippen LogP contribution in [0.1, 0.15) is 16.1 Å². The van der Waals surface area contributed by atoms with E-state index in [4.69, 9.17) is 11.1 Å². The summed E-state index contributed by atoms with van der Waals surface area (Å²) in [4.78, 5) is 15.9. The molecule has 0 aliphatic heterocycles. The van der Waals surface area contributed by atoms with Crippen LogP contribution in [0.5, 0.6) is 0 Å². The molecule has 6 heteroatoms. The monoisotopic (exact) mass is 253 g/mol. The van der Waals surface area contributed by atoms with Crippen LogP contribution in [0.25, 0.3) is 0 Å². The van der Waals surface area contributed by atoms with Gasteiger partial charge in [0, 0.05) is 6.20 Å². The number of nitrogen functional groups attached to an aromatic ring is 1. The van der Waals surface area contributed by atoms with Crippen molar-refractivity contribution in [3.8, 4) is 6.07 Å². The fraction of sp³-hybridized carbons (Fsp3) is 0. The van der Waals surface area contributed by atoms with E-state index in [1.54, 1.807) is 30.3 Å². The summed E-state index contributed by atoms with van der Waals surface area (Å²) in [6.07, 6.45) is 1.47. The van der Waals surface area contributed by atoms with Gasteiger partial charge >= 0.3 is 0 Å². The molecule has 1 aromatic carbocycles. The number of carbonyl (C=O) groups excluding carboxylic acids is 1. The first-order valence-corrected chi connectivity index (χ1v) is 5.47. The second-order valence-electron chi connectivity index (χ2n) is 3.69. The lowest BCUT2D eigenvalue weighted by Crippen LogP contribution is -2.15. The molecule has 94 valence electrons. The zero-order chi connectivity index (χ0) is 13.7. The van der Waals surface area contributed by atoms with Crippen LogP contribution in [0.4, 0.5) is 11.4 Å². The lowest BCUT2D eigenvalue weighted by atomic mass is 10.2. The van der Waals surface area contributed by atoms with Crippen LogP contribution in [0.15, 0.2) is 42.6 Å². The van der Waals surface area contributed by atoms with Crippen molar-refractivity contribution in [3.05, 3.63) is 53.9 Å². The van der Waals surface area contributed by atoms with Gasteiger partial charge in [0.15, 0.2) is 0 Å². The number of nitrogens with zero attached hydrogens (tertiary/aromatic N) is 2. The summed E-state index contributed by atoms with van der Waals surface area (Å²) < 4.78 is 0. The number of nitrogens with two attached hydrogens (primary N) is 1. The second-order valence-corrected chi connectivity index (χ2v) is 3.69. The molecule has 0 fully saturated rings. The van der Waals surface area contributed by atoms with Crippen molar-refractivity contribution in [2.75, 3.05) is 10.7 Å². The number of hydrogen-bond acceptors (Lipinski definition) is 5. The van der Waals surface area contributed by atoms with E-state index in [0.29, 0.717) is 16.9 Å². The Balaban J connectivity index is 2.23. The van der Waals surface area contributed by atoms with Crippen molar-refractivity contribution >= 4 is 17.3 Å². The smallest absolute Gasteiger partial charge is 0.274 e. The molecule has 6 nitrogen and oxygen atoms in total. The predicted octanol–water partition coefficient (Wildman–Crippen LogP) is 1.49. The van der Waals surface area contributed by atoms with E-state index in [2.05, 4.69) is 15.7 Å². The lowest BCUT2D eigenvalue weighted by Gasteiger charge is -2.07. The SMILES string of the molecule is N#Cc1ccccc1NC(=O)c1cc(NN)ccn1. The van der Waals surface area contributed by atoms with Gasteiger partial charge < -0.3 is 10.7 Å². The summed E-state index contributed by atoms with van der Waals surface area (Å²) in [6, 6.07) is 11.9. The minimum Gasteiger partial charge on any atom is -0.324 e. The van der Waals surface area contributed by atoms with Crippen molar-refractivity contribution < 1.29 is 4.79 Å². The number of amides is 1. The number of nitrogens with one attached hydrogen (secondary N) is 2. The van der Waals surface area contributed by atoms with Crippen molar-refractivity contribution in [3.63, 3.8) is 0 Å². The summed E-state index contributed by atoms with van der Waals surface area (Å²) in [5.74, 6) is 4.86. The molecule has 4 N–H and O–H groups in total. The number of pyridine rings is 1. The maximum atomic E-state index is 12.0. The Bertz CT molecular complexity index is 647. The number of rotatable bonds is 3. The van der Waals surface area contributed by atoms with Crippen molar-refractivity contribution in [2.24, 2.45) is 5.84 Å². The first kappa shape index (κ1) is 12.5. The molecule has 0 aliphatic rings. The number of aromatic nitrogens is 1. The van der Waals surface area contributed by atoms with E-state index in [1.165, 1.54) is 12.3 Å². The van der Waals surface area contributed by atoms with Crippen LogP contribution < -0.4 is 16.6 Å². The van der Waals surface area contributed by atoms with Gasteiger partial charge in [-0.15, -0.1) is 0 Å². The minimum absolute atomic E-state index is 0.211. The molecule has 2 aromatic rings. The quantitative estimate of drug-likeness (QED) is 0.568. The molecular weight excluding hydrogens is 242 g/mol. The number of carbonyl (C=O) groups is 1. The first-order chi connectivity index (χ1) is 9.24. The van der Waals surface area contributed by atoms with Crippen molar-refractivity contribution in [1.29, 1.82) is 5.26 Å². The second kappa shape index (κ2) is 5.62. The highest BCUT2D eigenvalue weighted by Gasteiger charge is 2.10. The molecule has 0 bridgehead atoms. The topological polar surface area (TPSA) is 104 Å². The number of hydrogen-bond donors (Lipinski definition) is 3. The summed E-state index contributed by atoms with van der Waals surface area (Å²) in [7, 11) is 0. The maximum Gasteiger partial charge on any atom is 0.274 e. The van der Waals surface area contributed by atoms with Crippen LogP contribution >= 0.6 is 0 Å². The molecule has 19 heavy (non-hydrogen) atoms. The Kier molecular flexibility index (Phi) is 3.71. The summed E-state index contributed by atoms with van der Waals surface area (Å²) >= 11 is 0. The van der Waals surface area contributed by atoms with Crippen molar-refractivity contribution in [1.82, 2.24) is 4.98 Å². The average molecular weight is 253 g/mol. The zero-order valence-electron chi connectivity index (χ0n) is 9.92. The Morgan fingerprint density at radius 3 is 2.84 bits per heavy atom. The molecular formula is C13H11N5O. The Hall–Kier alpha value is -2.91. The van der Waals surface area contributed by atoms with E-state index < -0.39 is 5.91 Å². The molecule has 0 saturated heterocycles. The number of nitriles is 1. The van der Waals surface area contributed by atoms with E-state index in [-0.39, 0.29) is 5.69 Å². The van der Waals surface area contributed by atoms with Crippen LogP contribution in [0.2, 0.25) is 0 Å². The molecule has 2 rings (SSSR count). The summed E-state index contributed by atoms with van der Waals surface area (Å²) in [5.41, 5.74) is 4.06.